The van der Waals surface area contributed by atoms with E-state index in [0.29, 0.717) is 17.7 Å². The molecule has 1 atom stereocenters. The fourth-order valence-corrected chi connectivity index (χ4v) is 2.98. The van der Waals surface area contributed by atoms with Crippen LogP contribution in [0.25, 0.3) is 0 Å². The number of amides is 1. The molecule has 0 aromatic heterocycles. The van der Waals surface area contributed by atoms with E-state index in [2.05, 4.69) is 26.1 Å². The molecule has 130 valence electrons. The van der Waals surface area contributed by atoms with E-state index < -0.39 is 11.6 Å². The maximum absolute atomic E-state index is 12.7. The van der Waals surface area contributed by atoms with Crippen molar-refractivity contribution in [1.29, 1.82) is 0 Å². The summed E-state index contributed by atoms with van der Waals surface area (Å²) in [6.45, 7) is 8.07. The summed E-state index contributed by atoms with van der Waals surface area (Å²) in [6, 6.07) is 15.0. The van der Waals surface area contributed by atoms with Crippen molar-refractivity contribution in [2.75, 3.05) is 5.32 Å². The number of fused-ring (bicyclic) bond motifs is 1. The van der Waals surface area contributed by atoms with E-state index in [-0.39, 0.29) is 11.3 Å². The summed E-state index contributed by atoms with van der Waals surface area (Å²) in [5.41, 5.74) is 2.08. The van der Waals surface area contributed by atoms with Crippen molar-refractivity contribution in [2.45, 2.75) is 45.1 Å². The average Bonchev–Trinajstić information content (AvgIpc) is 2.54. The zero-order valence-corrected chi connectivity index (χ0v) is 15.1. The minimum absolute atomic E-state index is 0.0527. The number of hydrogen-bond donors (Lipinski definition) is 1. The van der Waals surface area contributed by atoms with Crippen LogP contribution >= 0.6 is 0 Å². The number of esters is 1. The molecule has 4 heteroatoms. The molecule has 0 aliphatic carbocycles. The van der Waals surface area contributed by atoms with Gasteiger partial charge in [-0.15, -0.1) is 0 Å². The zero-order chi connectivity index (χ0) is 18.2. The van der Waals surface area contributed by atoms with E-state index in [4.69, 9.17) is 4.74 Å². The molecule has 2 aromatic rings. The van der Waals surface area contributed by atoms with Crippen molar-refractivity contribution in [3.63, 3.8) is 0 Å². The van der Waals surface area contributed by atoms with Crippen LogP contribution in [0.15, 0.2) is 48.5 Å². The zero-order valence-electron chi connectivity index (χ0n) is 15.1. The highest BCUT2D eigenvalue weighted by atomic mass is 16.6. The molecule has 3 rings (SSSR count). The number of rotatable bonds is 2. The Hall–Kier alpha value is -2.62. The number of nitrogens with one attached hydrogen (secondary N) is 1. The van der Waals surface area contributed by atoms with Crippen LogP contribution in [-0.4, -0.2) is 17.5 Å². The molecule has 0 spiro atoms. The van der Waals surface area contributed by atoms with Gasteiger partial charge < -0.3 is 10.1 Å². The fourth-order valence-electron chi connectivity index (χ4n) is 2.98. The van der Waals surface area contributed by atoms with E-state index in [0.717, 1.165) is 5.56 Å². The first-order valence-corrected chi connectivity index (χ1v) is 8.42. The molecule has 0 saturated carbocycles. The molecule has 1 amide bonds. The van der Waals surface area contributed by atoms with Crippen molar-refractivity contribution in [3.05, 3.63) is 65.2 Å². The van der Waals surface area contributed by atoms with Gasteiger partial charge in [-0.1, -0.05) is 51.1 Å². The van der Waals surface area contributed by atoms with E-state index in [1.165, 1.54) is 5.56 Å². The highest BCUT2D eigenvalue weighted by molar-refractivity contribution is 6.02. The first-order valence-electron chi connectivity index (χ1n) is 8.42. The Morgan fingerprint density at radius 2 is 1.72 bits per heavy atom. The Morgan fingerprint density at radius 1 is 1.08 bits per heavy atom. The van der Waals surface area contributed by atoms with Gasteiger partial charge in [-0.05, 0) is 41.7 Å². The van der Waals surface area contributed by atoms with Crippen molar-refractivity contribution in [3.8, 4) is 0 Å². The quantitative estimate of drug-likeness (QED) is 0.840. The summed E-state index contributed by atoms with van der Waals surface area (Å²) in [5, 5.41) is 2.87. The molecular weight excluding hydrogens is 314 g/mol. The van der Waals surface area contributed by atoms with E-state index in [9.17, 15) is 9.59 Å². The molecule has 0 bridgehead atoms. The van der Waals surface area contributed by atoms with Crippen LogP contribution in [0, 0.1) is 0 Å². The van der Waals surface area contributed by atoms with Crippen molar-refractivity contribution in [2.24, 2.45) is 0 Å². The first kappa shape index (κ1) is 17.2. The van der Waals surface area contributed by atoms with Crippen LogP contribution in [0.1, 0.15) is 49.2 Å². The maximum atomic E-state index is 12.7. The summed E-state index contributed by atoms with van der Waals surface area (Å²) in [4.78, 5) is 24.9. The molecule has 0 radical (unpaired) electrons. The summed E-state index contributed by atoms with van der Waals surface area (Å²) < 4.78 is 5.46. The monoisotopic (exact) mass is 337 g/mol. The minimum Gasteiger partial charge on any atom is -0.445 e. The molecule has 2 aromatic carbocycles. The number of carbonyl (C=O) groups is 2. The number of anilines is 1. The Balaban J connectivity index is 1.78. The van der Waals surface area contributed by atoms with Crippen LogP contribution in [0.4, 0.5) is 5.69 Å². The highest BCUT2D eigenvalue weighted by Gasteiger charge is 2.42. The van der Waals surface area contributed by atoms with Crippen LogP contribution in [-0.2, 0) is 21.4 Å². The van der Waals surface area contributed by atoms with E-state index in [1.54, 1.807) is 19.1 Å². The average molecular weight is 337 g/mol. The van der Waals surface area contributed by atoms with Gasteiger partial charge in [0.15, 0.2) is 5.60 Å². The normalized spacial score (nSPS) is 19.8. The minimum atomic E-state index is -1.21. The highest BCUT2D eigenvalue weighted by Crippen LogP contribution is 2.30. The van der Waals surface area contributed by atoms with E-state index in [1.807, 2.05) is 36.4 Å². The number of cyclic esters (lactones) is 1. The number of ether oxygens (including phenoxy) is 1. The van der Waals surface area contributed by atoms with Crippen LogP contribution in [0.5, 0.6) is 0 Å². The smallest absolute Gasteiger partial charge is 0.339 e. The van der Waals surface area contributed by atoms with Gasteiger partial charge in [-0.3, -0.25) is 4.79 Å². The van der Waals surface area contributed by atoms with Crippen LogP contribution in [0.3, 0.4) is 0 Å². The Morgan fingerprint density at radius 3 is 2.36 bits per heavy atom. The second kappa shape index (κ2) is 6.03. The summed E-state index contributed by atoms with van der Waals surface area (Å²) in [7, 11) is 0. The lowest BCUT2D eigenvalue weighted by molar-refractivity contribution is -0.134. The van der Waals surface area contributed by atoms with Crippen LogP contribution in [0.2, 0.25) is 0 Å². The van der Waals surface area contributed by atoms with Gasteiger partial charge in [0.2, 0.25) is 0 Å². The molecule has 0 fully saturated rings. The van der Waals surface area contributed by atoms with Gasteiger partial charge in [0.25, 0.3) is 5.91 Å². The second-order valence-electron chi connectivity index (χ2n) is 7.74. The SMILES string of the molecule is CC(C)(C)c1ccc(NC(=O)[C@@]2(C)Cc3ccccc3C(=O)O2)cc1. The lowest BCUT2D eigenvalue weighted by Gasteiger charge is -2.33. The van der Waals surface area contributed by atoms with Crippen molar-refractivity contribution >= 4 is 17.6 Å². The third kappa shape index (κ3) is 3.43. The summed E-state index contributed by atoms with van der Waals surface area (Å²) >= 11 is 0. The summed E-state index contributed by atoms with van der Waals surface area (Å²) in [6.07, 6.45) is 0.362. The molecule has 1 aliphatic rings. The van der Waals surface area contributed by atoms with E-state index >= 15 is 0 Å². The number of benzene rings is 2. The predicted octanol–water partition coefficient (Wildman–Crippen LogP) is 4.09. The van der Waals surface area contributed by atoms with Gasteiger partial charge in [0.1, 0.15) is 0 Å². The third-order valence-corrected chi connectivity index (χ3v) is 4.57. The van der Waals surface area contributed by atoms with Gasteiger partial charge in [0, 0.05) is 12.1 Å². The first-order chi connectivity index (χ1) is 11.7. The number of carbonyl (C=O) groups excluding carboxylic acids is 2. The Labute approximate surface area is 148 Å². The molecule has 25 heavy (non-hydrogen) atoms. The molecule has 1 N–H and O–H groups in total. The van der Waals surface area contributed by atoms with Crippen molar-refractivity contribution < 1.29 is 14.3 Å². The van der Waals surface area contributed by atoms with Gasteiger partial charge in [-0.2, -0.15) is 0 Å². The summed E-state index contributed by atoms with van der Waals surface area (Å²) in [5.74, 6) is -0.776. The van der Waals surface area contributed by atoms with Gasteiger partial charge in [-0.25, -0.2) is 4.79 Å². The molecule has 4 nitrogen and oxygen atoms in total. The van der Waals surface area contributed by atoms with Crippen LogP contribution < -0.4 is 5.32 Å². The topological polar surface area (TPSA) is 55.4 Å². The fraction of sp³-hybridized carbons (Fsp3) is 0.333. The third-order valence-electron chi connectivity index (χ3n) is 4.57. The lowest BCUT2D eigenvalue weighted by atomic mass is 9.87. The Kier molecular flexibility index (Phi) is 4.15. The molecular formula is C21H23NO3. The lowest BCUT2D eigenvalue weighted by Crippen LogP contribution is -2.48. The predicted molar refractivity (Wildman–Crippen MR) is 97.7 cm³/mol. The molecule has 0 unspecified atom stereocenters. The number of hydrogen-bond acceptors (Lipinski definition) is 3. The maximum Gasteiger partial charge on any atom is 0.339 e. The molecule has 1 aliphatic heterocycles. The molecule has 0 saturated heterocycles. The Bertz CT molecular complexity index is 818. The largest absolute Gasteiger partial charge is 0.445 e. The van der Waals surface area contributed by atoms with Gasteiger partial charge in [0.05, 0.1) is 5.56 Å². The second-order valence-corrected chi connectivity index (χ2v) is 7.74. The molecule has 1 heterocycles. The standard InChI is InChI=1S/C21H23NO3/c1-20(2,3)15-9-11-16(12-10-15)22-19(24)21(4)13-14-7-5-6-8-17(14)18(23)25-21/h5-12H,13H2,1-4H3,(H,22,24)/t21-/m1/s1. The van der Waals surface area contributed by atoms with Gasteiger partial charge >= 0.3 is 5.97 Å². The van der Waals surface area contributed by atoms with Crippen molar-refractivity contribution in [1.82, 2.24) is 0 Å².